The minimum absolute atomic E-state index is 0.0529. The van der Waals surface area contributed by atoms with Crippen LogP contribution in [0.1, 0.15) is 36.8 Å². The van der Waals surface area contributed by atoms with E-state index < -0.39 is 5.41 Å². The third kappa shape index (κ3) is 5.20. The second-order valence-corrected chi connectivity index (χ2v) is 9.42. The summed E-state index contributed by atoms with van der Waals surface area (Å²) in [5.41, 5.74) is 1.63. The maximum absolute atomic E-state index is 13.6. The van der Waals surface area contributed by atoms with Gasteiger partial charge in [-0.2, -0.15) is 5.26 Å². The summed E-state index contributed by atoms with van der Waals surface area (Å²) in [6, 6.07) is 23.7. The lowest BCUT2D eigenvalue weighted by molar-refractivity contribution is -0.143. The predicted molar refractivity (Wildman–Crippen MR) is 127 cm³/mol. The average molecular weight is 431 g/mol. The first kappa shape index (κ1) is 22.5. The number of nitriles is 1. The van der Waals surface area contributed by atoms with Gasteiger partial charge < -0.3 is 9.80 Å². The smallest absolute Gasteiger partial charge is 0.243 e. The van der Waals surface area contributed by atoms with E-state index in [9.17, 15) is 10.1 Å². The largest absolute Gasteiger partial charge is 0.339 e. The summed E-state index contributed by atoms with van der Waals surface area (Å²) < 4.78 is 0. The standard InChI is InChI=1S/C27H34N4O/c1-29-15-17-30(18-16-29)26(32)27(22-28)14-8-13-25(19-27)31(20-23-9-4-2-5-10-23)21-24-11-6-3-7-12-24/h2-7,9-12,25H,8,13-21H2,1H3. The summed E-state index contributed by atoms with van der Waals surface area (Å²) in [6.07, 6.45) is 3.24. The number of hydrogen-bond donors (Lipinski definition) is 0. The van der Waals surface area contributed by atoms with E-state index in [4.69, 9.17) is 0 Å². The van der Waals surface area contributed by atoms with E-state index in [1.165, 1.54) is 11.1 Å². The van der Waals surface area contributed by atoms with Gasteiger partial charge in [-0.1, -0.05) is 60.7 Å². The molecule has 1 amide bonds. The van der Waals surface area contributed by atoms with Crippen molar-refractivity contribution in [1.29, 1.82) is 5.26 Å². The van der Waals surface area contributed by atoms with Crippen LogP contribution < -0.4 is 0 Å². The summed E-state index contributed by atoms with van der Waals surface area (Å²) in [7, 11) is 2.09. The molecule has 1 heterocycles. The highest BCUT2D eigenvalue weighted by atomic mass is 16.2. The fraction of sp³-hybridized carbons (Fsp3) is 0.481. The topological polar surface area (TPSA) is 50.6 Å². The van der Waals surface area contributed by atoms with Gasteiger partial charge in [-0.05, 0) is 43.9 Å². The summed E-state index contributed by atoms with van der Waals surface area (Å²) in [4.78, 5) is 20.2. The van der Waals surface area contributed by atoms with Crippen molar-refractivity contribution in [3.05, 3.63) is 71.8 Å². The van der Waals surface area contributed by atoms with Crippen LogP contribution in [0.15, 0.2) is 60.7 Å². The number of likely N-dealkylation sites (N-methyl/N-ethyl adjacent to an activating group) is 1. The van der Waals surface area contributed by atoms with Crippen molar-refractivity contribution < 1.29 is 4.79 Å². The number of benzene rings is 2. The molecule has 0 spiro atoms. The van der Waals surface area contributed by atoms with Crippen LogP contribution >= 0.6 is 0 Å². The van der Waals surface area contributed by atoms with Crippen molar-refractivity contribution in [3.63, 3.8) is 0 Å². The quantitative estimate of drug-likeness (QED) is 0.697. The monoisotopic (exact) mass is 430 g/mol. The summed E-state index contributed by atoms with van der Waals surface area (Å²) in [5.74, 6) is 0.0529. The average Bonchev–Trinajstić information content (AvgIpc) is 2.85. The third-order valence-corrected chi connectivity index (χ3v) is 7.11. The Morgan fingerprint density at radius 2 is 1.56 bits per heavy atom. The van der Waals surface area contributed by atoms with E-state index in [2.05, 4.69) is 71.4 Å². The minimum Gasteiger partial charge on any atom is -0.339 e. The molecule has 1 saturated carbocycles. The Balaban J connectivity index is 1.55. The van der Waals surface area contributed by atoms with Crippen LogP contribution in [0.5, 0.6) is 0 Å². The Bertz CT molecular complexity index is 876. The van der Waals surface area contributed by atoms with Crippen molar-refractivity contribution in [3.8, 4) is 6.07 Å². The zero-order chi connectivity index (χ0) is 22.4. The van der Waals surface area contributed by atoms with Gasteiger partial charge in [0, 0.05) is 45.3 Å². The molecule has 32 heavy (non-hydrogen) atoms. The van der Waals surface area contributed by atoms with Gasteiger partial charge in [0.15, 0.2) is 0 Å². The second-order valence-electron chi connectivity index (χ2n) is 9.42. The molecule has 1 aliphatic carbocycles. The Morgan fingerprint density at radius 3 is 2.09 bits per heavy atom. The number of nitrogens with zero attached hydrogens (tertiary/aromatic N) is 4. The highest BCUT2D eigenvalue weighted by Crippen LogP contribution is 2.40. The molecule has 2 aromatic rings. The van der Waals surface area contributed by atoms with Gasteiger partial charge >= 0.3 is 0 Å². The van der Waals surface area contributed by atoms with Gasteiger partial charge in [-0.25, -0.2) is 0 Å². The molecule has 2 fully saturated rings. The fourth-order valence-electron chi connectivity index (χ4n) is 5.16. The molecule has 168 valence electrons. The number of rotatable bonds is 6. The number of hydrogen-bond acceptors (Lipinski definition) is 4. The lowest BCUT2D eigenvalue weighted by atomic mass is 9.71. The number of amides is 1. The molecule has 2 unspecified atom stereocenters. The van der Waals surface area contributed by atoms with Gasteiger partial charge in [-0.15, -0.1) is 0 Å². The molecule has 2 aliphatic rings. The minimum atomic E-state index is -0.898. The zero-order valence-electron chi connectivity index (χ0n) is 19.1. The SMILES string of the molecule is CN1CCN(C(=O)C2(C#N)CCCC(N(Cc3ccccc3)Cc3ccccc3)C2)CC1. The second kappa shape index (κ2) is 10.3. The molecule has 5 heteroatoms. The van der Waals surface area contributed by atoms with Crippen LogP contribution in [0.25, 0.3) is 0 Å². The molecule has 5 nitrogen and oxygen atoms in total. The molecular weight excluding hydrogens is 396 g/mol. The highest BCUT2D eigenvalue weighted by Gasteiger charge is 2.46. The van der Waals surface area contributed by atoms with E-state index in [1.54, 1.807) is 0 Å². The molecule has 1 saturated heterocycles. The zero-order valence-corrected chi connectivity index (χ0v) is 19.1. The maximum Gasteiger partial charge on any atom is 0.243 e. The predicted octanol–water partition coefficient (Wildman–Crippen LogP) is 3.92. The van der Waals surface area contributed by atoms with Crippen LogP contribution in [-0.2, 0) is 17.9 Å². The molecule has 0 aromatic heterocycles. The number of carbonyl (C=O) groups is 1. The van der Waals surface area contributed by atoms with Crippen molar-refractivity contribution in [2.75, 3.05) is 33.2 Å². The Morgan fingerprint density at radius 1 is 1.00 bits per heavy atom. The molecule has 2 atom stereocenters. The van der Waals surface area contributed by atoms with Crippen LogP contribution in [-0.4, -0.2) is 59.9 Å². The maximum atomic E-state index is 13.6. The first-order chi connectivity index (χ1) is 15.6. The molecule has 1 aliphatic heterocycles. The lowest BCUT2D eigenvalue weighted by Crippen LogP contribution is -2.54. The fourth-order valence-corrected chi connectivity index (χ4v) is 5.16. The van der Waals surface area contributed by atoms with Gasteiger partial charge in [0.25, 0.3) is 0 Å². The number of piperazine rings is 1. The molecule has 2 aromatic carbocycles. The van der Waals surface area contributed by atoms with E-state index in [0.717, 1.165) is 52.1 Å². The van der Waals surface area contributed by atoms with E-state index in [1.807, 2.05) is 17.0 Å². The Hall–Kier alpha value is -2.68. The lowest BCUT2D eigenvalue weighted by Gasteiger charge is -2.43. The molecule has 0 bridgehead atoms. The van der Waals surface area contributed by atoms with Gasteiger partial charge in [0.2, 0.25) is 5.91 Å². The van der Waals surface area contributed by atoms with E-state index in [0.29, 0.717) is 12.8 Å². The van der Waals surface area contributed by atoms with Gasteiger partial charge in [-0.3, -0.25) is 9.69 Å². The van der Waals surface area contributed by atoms with Crippen molar-refractivity contribution in [2.24, 2.45) is 5.41 Å². The van der Waals surface area contributed by atoms with Gasteiger partial charge in [0.05, 0.1) is 6.07 Å². The molecular formula is C27H34N4O. The van der Waals surface area contributed by atoms with Crippen molar-refractivity contribution in [1.82, 2.24) is 14.7 Å². The highest BCUT2D eigenvalue weighted by molar-refractivity contribution is 5.85. The summed E-state index contributed by atoms with van der Waals surface area (Å²) in [5, 5.41) is 10.2. The van der Waals surface area contributed by atoms with Crippen LogP contribution in [0.2, 0.25) is 0 Å². The molecule has 4 rings (SSSR count). The van der Waals surface area contributed by atoms with Crippen LogP contribution in [0, 0.1) is 16.7 Å². The number of carbonyl (C=O) groups excluding carboxylic acids is 1. The Kier molecular flexibility index (Phi) is 7.24. The molecule has 0 N–H and O–H groups in total. The van der Waals surface area contributed by atoms with E-state index >= 15 is 0 Å². The Labute approximate surface area is 192 Å². The van der Waals surface area contributed by atoms with Gasteiger partial charge in [0.1, 0.15) is 5.41 Å². The van der Waals surface area contributed by atoms with Crippen LogP contribution in [0.4, 0.5) is 0 Å². The van der Waals surface area contributed by atoms with Crippen molar-refractivity contribution >= 4 is 5.91 Å². The van der Waals surface area contributed by atoms with Crippen LogP contribution in [0.3, 0.4) is 0 Å². The summed E-state index contributed by atoms with van der Waals surface area (Å²) in [6.45, 7) is 4.85. The third-order valence-electron chi connectivity index (χ3n) is 7.11. The molecule has 0 radical (unpaired) electrons. The normalized spacial score (nSPS) is 24.3. The van der Waals surface area contributed by atoms with Crippen molar-refractivity contribution in [2.45, 2.75) is 44.8 Å². The summed E-state index contributed by atoms with van der Waals surface area (Å²) >= 11 is 0. The first-order valence-electron chi connectivity index (χ1n) is 11.8. The first-order valence-corrected chi connectivity index (χ1v) is 11.8. The van der Waals surface area contributed by atoms with E-state index in [-0.39, 0.29) is 11.9 Å².